The van der Waals surface area contributed by atoms with Crippen LogP contribution < -0.4 is 9.64 Å². The van der Waals surface area contributed by atoms with E-state index in [0.717, 1.165) is 16.0 Å². The van der Waals surface area contributed by atoms with Crippen molar-refractivity contribution in [3.05, 3.63) is 54.6 Å². The standard InChI is InChI=1S/C20H22N6O2S/c1-3-26-15(9-11-22-26)19(27)25(14-13-24-12-6-10-21-24)20-23-18-16(28-4-2)7-5-8-17(18)29-20/h5-12H,3-4,13-14H2,1-2H3. The lowest BCUT2D eigenvalue weighted by atomic mass is 10.3. The number of hydrogen-bond donors (Lipinski definition) is 0. The summed E-state index contributed by atoms with van der Waals surface area (Å²) in [5.41, 5.74) is 1.31. The Hall–Kier alpha value is -3.20. The van der Waals surface area contributed by atoms with Crippen molar-refractivity contribution in [2.24, 2.45) is 0 Å². The number of fused-ring (bicyclic) bond motifs is 1. The first-order valence-corrected chi connectivity index (χ1v) is 10.4. The maximum Gasteiger partial charge on any atom is 0.278 e. The Labute approximate surface area is 172 Å². The van der Waals surface area contributed by atoms with Gasteiger partial charge in [0.1, 0.15) is 17.0 Å². The summed E-state index contributed by atoms with van der Waals surface area (Å²) in [6.07, 6.45) is 5.25. The minimum Gasteiger partial charge on any atom is -0.492 e. The van der Waals surface area contributed by atoms with Gasteiger partial charge in [0.25, 0.3) is 5.91 Å². The van der Waals surface area contributed by atoms with Gasteiger partial charge >= 0.3 is 0 Å². The summed E-state index contributed by atoms with van der Waals surface area (Å²) in [5.74, 6) is 0.596. The van der Waals surface area contributed by atoms with Crippen LogP contribution in [0.3, 0.4) is 0 Å². The summed E-state index contributed by atoms with van der Waals surface area (Å²) in [7, 11) is 0. The smallest absolute Gasteiger partial charge is 0.278 e. The molecular formula is C20H22N6O2S. The van der Waals surface area contributed by atoms with Gasteiger partial charge in [-0.05, 0) is 38.1 Å². The van der Waals surface area contributed by atoms with Gasteiger partial charge in [0.15, 0.2) is 5.13 Å². The molecule has 0 aliphatic carbocycles. The second kappa shape index (κ2) is 8.44. The number of amides is 1. The number of rotatable bonds is 8. The summed E-state index contributed by atoms with van der Waals surface area (Å²) in [6.45, 7) is 6.09. The second-order valence-corrected chi connectivity index (χ2v) is 7.30. The fourth-order valence-electron chi connectivity index (χ4n) is 3.12. The second-order valence-electron chi connectivity index (χ2n) is 6.29. The van der Waals surface area contributed by atoms with Gasteiger partial charge in [-0.3, -0.25) is 19.1 Å². The number of aryl methyl sites for hydroxylation is 1. The molecule has 0 spiro atoms. The highest BCUT2D eigenvalue weighted by Gasteiger charge is 2.24. The molecule has 29 heavy (non-hydrogen) atoms. The third-order valence-corrected chi connectivity index (χ3v) is 5.54. The van der Waals surface area contributed by atoms with Crippen LogP contribution in [0.15, 0.2) is 48.9 Å². The predicted molar refractivity (Wildman–Crippen MR) is 113 cm³/mol. The van der Waals surface area contributed by atoms with Gasteiger partial charge in [-0.15, -0.1) is 0 Å². The first-order valence-electron chi connectivity index (χ1n) is 9.54. The fourth-order valence-corrected chi connectivity index (χ4v) is 4.13. The zero-order chi connectivity index (χ0) is 20.2. The van der Waals surface area contributed by atoms with Crippen molar-refractivity contribution in [2.75, 3.05) is 18.1 Å². The highest BCUT2D eigenvalue weighted by Crippen LogP contribution is 2.34. The SMILES string of the molecule is CCOc1cccc2sc(N(CCn3cccn3)C(=O)c3ccnn3CC)nc12. The van der Waals surface area contributed by atoms with E-state index in [-0.39, 0.29) is 5.91 Å². The van der Waals surface area contributed by atoms with Crippen LogP contribution >= 0.6 is 11.3 Å². The third-order valence-electron chi connectivity index (χ3n) is 4.49. The number of carbonyl (C=O) groups is 1. The van der Waals surface area contributed by atoms with Crippen LogP contribution in [0.1, 0.15) is 24.3 Å². The van der Waals surface area contributed by atoms with Gasteiger partial charge in [-0.1, -0.05) is 17.4 Å². The maximum atomic E-state index is 13.4. The highest BCUT2D eigenvalue weighted by atomic mass is 32.1. The number of thiazole rings is 1. The molecule has 0 saturated heterocycles. The Morgan fingerprint density at radius 2 is 2.07 bits per heavy atom. The largest absolute Gasteiger partial charge is 0.492 e. The molecule has 4 rings (SSSR count). The number of hydrogen-bond acceptors (Lipinski definition) is 6. The highest BCUT2D eigenvalue weighted by molar-refractivity contribution is 7.22. The first kappa shape index (κ1) is 19.1. The van der Waals surface area contributed by atoms with Gasteiger partial charge in [-0.2, -0.15) is 10.2 Å². The Morgan fingerprint density at radius 3 is 2.83 bits per heavy atom. The van der Waals surface area contributed by atoms with Crippen molar-refractivity contribution in [3.63, 3.8) is 0 Å². The maximum absolute atomic E-state index is 13.4. The molecule has 9 heteroatoms. The Bertz CT molecular complexity index is 1100. The van der Waals surface area contributed by atoms with E-state index in [1.807, 2.05) is 44.3 Å². The zero-order valence-corrected chi connectivity index (χ0v) is 17.2. The summed E-state index contributed by atoms with van der Waals surface area (Å²) >= 11 is 1.48. The summed E-state index contributed by atoms with van der Waals surface area (Å²) in [6, 6.07) is 9.44. The van der Waals surface area contributed by atoms with Crippen LogP contribution in [0.4, 0.5) is 5.13 Å². The molecule has 0 aliphatic heterocycles. The van der Waals surface area contributed by atoms with Crippen molar-refractivity contribution in [2.45, 2.75) is 26.9 Å². The fraction of sp³-hybridized carbons (Fsp3) is 0.300. The molecule has 0 fully saturated rings. The molecule has 8 nitrogen and oxygen atoms in total. The molecule has 3 aromatic heterocycles. The predicted octanol–water partition coefficient (Wildman–Crippen LogP) is 3.45. The molecular weight excluding hydrogens is 388 g/mol. The lowest BCUT2D eigenvalue weighted by Crippen LogP contribution is -2.35. The molecule has 3 heterocycles. The van der Waals surface area contributed by atoms with Crippen LogP contribution in [-0.4, -0.2) is 43.6 Å². The Balaban J connectivity index is 1.72. The quantitative estimate of drug-likeness (QED) is 0.445. The van der Waals surface area contributed by atoms with Gasteiger partial charge in [-0.25, -0.2) is 4.98 Å². The Morgan fingerprint density at radius 1 is 1.17 bits per heavy atom. The lowest BCUT2D eigenvalue weighted by Gasteiger charge is -2.20. The van der Waals surface area contributed by atoms with Crippen LogP contribution in [-0.2, 0) is 13.1 Å². The van der Waals surface area contributed by atoms with E-state index in [1.165, 1.54) is 11.3 Å². The van der Waals surface area contributed by atoms with E-state index in [2.05, 4.69) is 10.2 Å². The first-order chi connectivity index (χ1) is 14.2. The molecule has 1 amide bonds. The van der Waals surface area contributed by atoms with Crippen LogP contribution in [0.2, 0.25) is 0 Å². The van der Waals surface area contributed by atoms with E-state index in [0.29, 0.717) is 37.1 Å². The summed E-state index contributed by atoms with van der Waals surface area (Å²) < 4.78 is 10.2. The van der Waals surface area contributed by atoms with Crippen molar-refractivity contribution in [3.8, 4) is 5.75 Å². The van der Waals surface area contributed by atoms with Crippen molar-refractivity contribution >= 4 is 32.6 Å². The number of aromatic nitrogens is 5. The Kier molecular flexibility index (Phi) is 5.57. The number of carbonyl (C=O) groups excluding carboxylic acids is 1. The molecule has 1 aromatic carbocycles. The van der Waals surface area contributed by atoms with E-state index in [4.69, 9.17) is 9.72 Å². The van der Waals surface area contributed by atoms with E-state index in [9.17, 15) is 4.79 Å². The zero-order valence-electron chi connectivity index (χ0n) is 16.4. The summed E-state index contributed by atoms with van der Waals surface area (Å²) in [4.78, 5) is 19.9. The number of para-hydroxylation sites is 1. The molecule has 0 unspecified atom stereocenters. The molecule has 0 bridgehead atoms. The topological polar surface area (TPSA) is 78.1 Å². The molecule has 0 saturated carbocycles. The van der Waals surface area contributed by atoms with Crippen molar-refractivity contribution < 1.29 is 9.53 Å². The third kappa shape index (κ3) is 3.86. The van der Waals surface area contributed by atoms with Crippen LogP contribution in [0.25, 0.3) is 10.2 Å². The van der Waals surface area contributed by atoms with Crippen molar-refractivity contribution in [1.82, 2.24) is 24.5 Å². The van der Waals surface area contributed by atoms with E-state index >= 15 is 0 Å². The van der Waals surface area contributed by atoms with Crippen LogP contribution in [0, 0.1) is 0 Å². The molecule has 150 valence electrons. The van der Waals surface area contributed by atoms with Gasteiger partial charge < -0.3 is 4.74 Å². The minimum atomic E-state index is -0.131. The minimum absolute atomic E-state index is 0.131. The molecule has 0 aliphatic rings. The van der Waals surface area contributed by atoms with Gasteiger partial charge in [0.2, 0.25) is 0 Å². The van der Waals surface area contributed by atoms with Gasteiger partial charge in [0, 0.05) is 31.7 Å². The van der Waals surface area contributed by atoms with Crippen LogP contribution in [0.5, 0.6) is 5.75 Å². The normalized spacial score (nSPS) is 11.1. The van der Waals surface area contributed by atoms with Crippen molar-refractivity contribution in [1.29, 1.82) is 0 Å². The number of nitrogens with zero attached hydrogens (tertiary/aromatic N) is 6. The monoisotopic (exact) mass is 410 g/mol. The average Bonchev–Trinajstić information content (AvgIpc) is 3.48. The molecule has 0 radical (unpaired) electrons. The molecule has 0 atom stereocenters. The average molecular weight is 411 g/mol. The lowest BCUT2D eigenvalue weighted by molar-refractivity contribution is 0.0975. The van der Waals surface area contributed by atoms with E-state index in [1.54, 1.807) is 32.7 Å². The number of benzene rings is 1. The van der Waals surface area contributed by atoms with E-state index < -0.39 is 0 Å². The number of anilines is 1. The molecule has 0 N–H and O–H groups in total. The number of ether oxygens (including phenoxy) is 1. The van der Waals surface area contributed by atoms with Gasteiger partial charge in [0.05, 0.1) is 17.9 Å². The molecule has 4 aromatic rings. The summed E-state index contributed by atoms with van der Waals surface area (Å²) in [5, 5.41) is 9.11.